The average Bonchev–Trinajstić information content (AvgIpc) is 3.16. The topological polar surface area (TPSA) is 88.6 Å². The third kappa shape index (κ3) is 5.22. The molecule has 4 rings (SSSR count). The van der Waals surface area contributed by atoms with E-state index in [4.69, 9.17) is 0 Å². The number of aryl methyl sites for hydroxylation is 2. The van der Waals surface area contributed by atoms with Gasteiger partial charge in [0.2, 0.25) is 5.62 Å². The van der Waals surface area contributed by atoms with Gasteiger partial charge in [-0.2, -0.15) is 0 Å². The van der Waals surface area contributed by atoms with E-state index in [0.29, 0.717) is 6.54 Å². The van der Waals surface area contributed by atoms with Crippen LogP contribution in [0.25, 0.3) is 11.0 Å². The van der Waals surface area contributed by atoms with Crippen molar-refractivity contribution >= 4 is 23.0 Å². The summed E-state index contributed by atoms with van der Waals surface area (Å²) in [5, 5.41) is 12.5. The van der Waals surface area contributed by atoms with Crippen molar-refractivity contribution in [1.29, 1.82) is 0 Å². The molecule has 2 atom stereocenters. The third-order valence-electron chi connectivity index (χ3n) is 6.31. The van der Waals surface area contributed by atoms with E-state index < -0.39 is 30.8 Å². The Labute approximate surface area is 208 Å². The molecule has 0 saturated carbocycles. The number of para-hydroxylation sites is 2. The molecule has 2 N–H and O–H groups in total. The molecule has 0 spiro atoms. The van der Waals surface area contributed by atoms with E-state index in [-0.39, 0.29) is 5.62 Å². The summed E-state index contributed by atoms with van der Waals surface area (Å²) >= 11 is 0. The Hall–Kier alpha value is -4.20. The van der Waals surface area contributed by atoms with Crippen LogP contribution in [0, 0.1) is 13.8 Å². The van der Waals surface area contributed by atoms with Crippen molar-refractivity contribution in [3.63, 3.8) is 0 Å². The molecule has 1 aromatic heterocycles. The highest BCUT2D eigenvalue weighted by Gasteiger charge is 2.27. The molecule has 0 radical (unpaired) electrons. The first kappa shape index (κ1) is 24.9. The number of aromatic nitrogens is 2. The SMILES string of the molecule is Cc1ccc(Cn2c(=NC(=O)O)n(C(C)C(NC(=O)CF)c3ccc(C)cc3)c3ccccc32)cc1. The number of halogens is 1. The summed E-state index contributed by atoms with van der Waals surface area (Å²) in [4.78, 5) is 28.0. The maximum absolute atomic E-state index is 13.3. The van der Waals surface area contributed by atoms with E-state index >= 15 is 0 Å². The highest BCUT2D eigenvalue weighted by atomic mass is 19.1. The van der Waals surface area contributed by atoms with Crippen molar-refractivity contribution in [2.45, 2.75) is 39.4 Å². The van der Waals surface area contributed by atoms with Gasteiger partial charge in [-0.3, -0.25) is 4.79 Å². The molecule has 3 aromatic carbocycles. The summed E-state index contributed by atoms with van der Waals surface area (Å²) in [6, 6.07) is 22.1. The Morgan fingerprint density at radius 1 is 0.944 bits per heavy atom. The molecule has 0 bridgehead atoms. The van der Waals surface area contributed by atoms with Crippen LogP contribution in [0.5, 0.6) is 0 Å². The number of benzene rings is 3. The van der Waals surface area contributed by atoms with Gasteiger partial charge in [-0.25, -0.2) is 9.18 Å². The van der Waals surface area contributed by atoms with Crippen LogP contribution in [-0.4, -0.2) is 32.9 Å². The highest BCUT2D eigenvalue weighted by molar-refractivity contribution is 5.78. The zero-order valence-corrected chi connectivity index (χ0v) is 20.5. The molecular weight excluding hydrogens is 459 g/mol. The molecule has 2 unspecified atom stereocenters. The maximum Gasteiger partial charge on any atom is 0.434 e. The summed E-state index contributed by atoms with van der Waals surface area (Å²) in [6.45, 7) is 5.08. The number of carbonyl (C=O) groups is 2. The molecule has 1 heterocycles. The summed E-state index contributed by atoms with van der Waals surface area (Å²) in [6.07, 6.45) is -1.33. The minimum absolute atomic E-state index is 0.225. The van der Waals surface area contributed by atoms with Crippen molar-refractivity contribution in [2.75, 3.05) is 6.67 Å². The van der Waals surface area contributed by atoms with Crippen LogP contribution in [0.4, 0.5) is 9.18 Å². The molecular formula is C28H29FN4O3. The number of fused-ring (bicyclic) bond motifs is 1. The normalized spacial score (nSPS) is 13.5. The van der Waals surface area contributed by atoms with E-state index in [0.717, 1.165) is 33.3 Å². The van der Waals surface area contributed by atoms with Gasteiger partial charge in [0, 0.05) is 0 Å². The monoisotopic (exact) mass is 488 g/mol. The number of alkyl halides is 1. The molecule has 0 aliphatic heterocycles. The average molecular weight is 489 g/mol. The zero-order chi connectivity index (χ0) is 25.8. The fourth-order valence-electron chi connectivity index (χ4n) is 4.49. The molecule has 0 aliphatic carbocycles. The first-order valence-electron chi connectivity index (χ1n) is 11.7. The van der Waals surface area contributed by atoms with Gasteiger partial charge in [-0.15, -0.1) is 4.99 Å². The number of amides is 2. The summed E-state index contributed by atoms with van der Waals surface area (Å²) in [5.41, 5.74) is 5.71. The van der Waals surface area contributed by atoms with Crippen molar-refractivity contribution in [3.05, 3.63) is 101 Å². The number of imidazole rings is 1. The number of nitrogens with one attached hydrogen (secondary N) is 1. The highest BCUT2D eigenvalue weighted by Crippen LogP contribution is 2.29. The molecule has 0 aliphatic rings. The number of nitrogens with zero attached hydrogens (tertiary/aromatic N) is 3. The van der Waals surface area contributed by atoms with Crippen molar-refractivity contribution in [3.8, 4) is 0 Å². The minimum atomic E-state index is -1.33. The fourth-order valence-corrected chi connectivity index (χ4v) is 4.49. The first-order chi connectivity index (χ1) is 17.3. The zero-order valence-electron chi connectivity index (χ0n) is 20.5. The van der Waals surface area contributed by atoms with Crippen molar-refractivity contribution in [2.24, 2.45) is 4.99 Å². The molecule has 186 valence electrons. The van der Waals surface area contributed by atoms with Crippen LogP contribution >= 0.6 is 0 Å². The lowest BCUT2D eigenvalue weighted by molar-refractivity contribution is -0.123. The summed E-state index contributed by atoms with van der Waals surface area (Å²) in [7, 11) is 0. The second-order valence-electron chi connectivity index (χ2n) is 8.95. The molecule has 0 fully saturated rings. The quantitative estimate of drug-likeness (QED) is 0.380. The van der Waals surface area contributed by atoms with Gasteiger partial charge in [0.15, 0.2) is 6.67 Å². The molecule has 2 amide bonds. The minimum Gasteiger partial charge on any atom is -0.463 e. The predicted octanol–water partition coefficient (Wildman–Crippen LogP) is 5.07. The van der Waals surface area contributed by atoms with Crippen LogP contribution in [0.1, 0.15) is 41.3 Å². The van der Waals surface area contributed by atoms with Gasteiger partial charge in [-0.1, -0.05) is 71.8 Å². The van der Waals surface area contributed by atoms with Gasteiger partial charge >= 0.3 is 6.09 Å². The van der Waals surface area contributed by atoms with E-state index in [1.165, 1.54) is 0 Å². The number of rotatable bonds is 7. The van der Waals surface area contributed by atoms with Gasteiger partial charge in [-0.05, 0) is 44.0 Å². The second-order valence-corrected chi connectivity index (χ2v) is 8.95. The van der Waals surface area contributed by atoms with Gasteiger partial charge in [0.25, 0.3) is 5.91 Å². The largest absolute Gasteiger partial charge is 0.463 e. The lowest BCUT2D eigenvalue weighted by Crippen LogP contribution is -2.38. The van der Waals surface area contributed by atoms with E-state index in [9.17, 15) is 19.1 Å². The molecule has 4 aromatic rings. The Morgan fingerprint density at radius 2 is 1.53 bits per heavy atom. The standard InChI is InChI=1S/C28H29FN4O3/c1-18-8-12-21(13-9-18)17-32-23-6-4-5-7-24(23)33(27(32)31-28(35)36)20(3)26(30-25(34)16-29)22-14-10-19(2)11-15-22/h4-15,20,26H,16-17H2,1-3H3,(H,30,34)(H,35,36). The third-order valence-corrected chi connectivity index (χ3v) is 6.31. The van der Waals surface area contributed by atoms with Crippen molar-refractivity contribution < 1.29 is 19.1 Å². The Morgan fingerprint density at radius 3 is 2.11 bits per heavy atom. The van der Waals surface area contributed by atoms with Crippen molar-refractivity contribution in [1.82, 2.24) is 14.5 Å². The van der Waals surface area contributed by atoms with Crippen LogP contribution in [0.3, 0.4) is 0 Å². The number of hydrogen-bond donors (Lipinski definition) is 2. The number of carbonyl (C=O) groups excluding carboxylic acids is 1. The van der Waals surface area contributed by atoms with E-state index in [1.54, 1.807) is 4.57 Å². The van der Waals surface area contributed by atoms with Crippen LogP contribution < -0.4 is 10.9 Å². The van der Waals surface area contributed by atoms with Gasteiger partial charge < -0.3 is 19.6 Å². The molecule has 36 heavy (non-hydrogen) atoms. The smallest absolute Gasteiger partial charge is 0.434 e. The lowest BCUT2D eigenvalue weighted by atomic mass is 9.98. The molecule has 8 heteroatoms. The predicted molar refractivity (Wildman–Crippen MR) is 137 cm³/mol. The number of hydrogen-bond acceptors (Lipinski definition) is 2. The fraction of sp³-hybridized carbons (Fsp3) is 0.250. The van der Waals surface area contributed by atoms with Crippen LogP contribution in [0.15, 0.2) is 77.8 Å². The van der Waals surface area contributed by atoms with E-state index in [1.807, 2.05) is 98.1 Å². The van der Waals surface area contributed by atoms with Crippen LogP contribution in [0.2, 0.25) is 0 Å². The first-order valence-corrected chi connectivity index (χ1v) is 11.7. The maximum atomic E-state index is 13.3. The van der Waals surface area contributed by atoms with Gasteiger partial charge in [0.05, 0.1) is 29.7 Å². The van der Waals surface area contributed by atoms with Crippen LogP contribution in [-0.2, 0) is 11.3 Å². The number of carboxylic acid groups (broad SMARTS) is 1. The second kappa shape index (κ2) is 10.6. The summed E-state index contributed by atoms with van der Waals surface area (Å²) in [5.74, 6) is -0.742. The molecule has 7 nitrogen and oxygen atoms in total. The lowest BCUT2D eigenvalue weighted by Gasteiger charge is -2.27. The van der Waals surface area contributed by atoms with Gasteiger partial charge in [0.1, 0.15) is 0 Å². The summed E-state index contributed by atoms with van der Waals surface area (Å²) < 4.78 is 16.9. The van der Waals surface area contributed by atoms with E-state index in [2.05, 4.69) is 10.3 Å². The Kier molecular flexibility index (Phi) is 7.33. The molecule has 0 saturated heterocycles. The Balaban J connectivity index is 1.94. The Bertz CT molecular complexity index is 1450.